The molecule has 2 amide bonds. The van der Waals surface area contributed by atoms with Gasteiger partial charge in [-0.3, -0.25) is 14.5 Å². The zero-order chi connectivity index (χ0) is 24.1. The molecule has 6 nitrogen and oxygen atoms in total. The first-order chi connectivity index (χ1) is 16.1. The van der Waals surface area contributed by atoms with Crippen LogP contribution in [0.5, 0.6) is 0 Å². The molecule has 3 N–H and O–H groups in total. The van der Waals surface area contributed by atoms with Gasteiger partial charge in [0.25, 0.3) is 5.91 Å². The Kier molecular flexibility index (Phi) is 5.76. The highest BCUT2D eigenvalue weighted by molar-refractivity contribution is 8.01. The second-order valence-electron chi connectivity index (χ2n) is 9.07. The number of amides is 2. The summed E-state index contributed by atoms with van der Waals surface area (Å²) in [7, 11) is 0. The topological polar surface area (TPSA) is 73.5 Å². The maximum Gasteiger partial charge on any atom is 0.416 e. The maximum absolute atomic E-state index is 13.1. The van der Waals surface area contributed by atoms with Gasteiger partial charge in [-0.1, -0.05) is 23.9 Å². The van der Waals surface area contributed by atoms with Crippen LogP contribution in [0.25, 0.3) is 0 Å². The van der Waals surface area contributed by atoms with Crippen molar-refractivity contribution >= 4 is 35.0 Å². The van der Waals surface area contributed by atoms with E-state index in [1.165, 1.54) is 43.7 Å². The predicted molar refractivity (Wildman–Crippen MR) is 125 cm³/mol. The summed E-state index contributed by atoms with van der Waals surface area (Å²) >= 11 is 1.49. The molecule has 5 rings (SSSR count). The summed E-state index contributed by atoms with van der Waals surface area (Å²) < 4.78 is 39.2. The lowest BCUT2D eigenvalue weighted by atomic mass is 10.0. The molecule has 10 heteroatoms. The number of carbonyl (C=O) groups excluding carboxylic acids is 2. The molecule has 1 saturated carbocycles. The first-order valence-corrected chi connectivity index (χ1v) is 12.1. The van der Waals surface area contributed by atoms with Gasteiger partial charge in [-0.15, -0.1) is 0 Å². The zero-order valence-corrected chi connectivity index (χ0v) is 19.4. The third-order valence-electron chi connectivity index (χ3n) is 6.52. The van der Waals surface area contributed by atoms with E-state index in [4.69, 9.17) is 0 Å². The molecule has 1 aliphatic carbocycles. The van der Waals surface area contributed by atoms with Crippen LogP contribution in [0.1, 0.15) is 42.1 Å². The number of halogens is 3. The highest BCUT2D eigenvalue weighted by Gasteiger charge is 2.50. The van der Waals surface area contributed by atoms with Gasteiger partial charge in [0.05, 0.1) is 16.8 Å². The number of nitrogens with one attached hydrogen (secondary N) is 3. The molecular formula is C24H25F3N4O2S. The molecule has 2 aromatic carbocycles. The van der Waals surface area contributed by atoms with Crippen LogP contribution in [-0.2, 0) is 11.0 Å². The molecule has 2 aliphatic heterocycles. The number of rotatable bonds is 5. The van der Waals surface area contributed by atoms with Crippen molar-refractivity contribution in [2.75, 3.05) is 23.7 Å². The Morgan fingerprint density at radius 2 is 1.91 bits per heavy atom. The number of carbonyl (C=O) groups is 2. The van der Waals surface area contributed by atoms with Crippen LogP contribution in [0.4, 0.5) is 24.5 Å². The lowest BCUT2D eigenvalue weighted by Gasteiger charge is -2.36. The number of anilines is 2. The molecule has 2 unspecified atom stereocenters. The Labute approximate surface area is 199 Å². The van der Waals surface area contributed by atoms with Crippen molar-refractivity contribution in [2.45, 2.75) is 48.3 Å². The van der Waals surface area contributed by atoms with E-state index in [0.29, 0.717) is 17.3 Å². The molecule has 2 atom stereocenters. The van der Waals surface area contributed by atoms with Gasteiger partial charge >= 0.3 is 6.18 Å². The molecule has 2 fully saturated rings. The van der Waals surface area contributed by atoms with Crippen LogP contribution >= 0.6 is 11.8 Å². The molecule has 0 radical (unpaired) electrons. The van der Waals surface area contributed by atoms with Crippen LogP contribution < -0.4 is 16.0 Å². The van der Waals surface area contributed by atoms with E-state index < -0.39 is 22.6 Å². The average Bonchev–Trinajstić information content (AvgIpc) is 3.36. The molecule has 180 valence electrons. The Morgan fingerprint density at radius 3 is 2.62 bits per heavy atom. The lowest BCUT2D eigenvalue weighted by molar-refractivity contribution is -0.137. The van der Waals surface area contributed by atoms with Crippen molar-refractivity contribution in [3.63, 3.8) is 0 Å². The number of benzene rings is 2. The SMILES string of the molecule is CC(=O)NC1(C2CCN(C3CC3)C2)Nc2c(cccc2C(=O)Nc2cccc(C(F)(F)F)c2)S1. The molecule has 34 heavy (non-hydrogen) atoms. The minimum atomic E-state index is -4.50. The molecule has 2 heterocycles. The Balaban J connectivity index is 1.40. The van der Waals surface area contributed by atoms with Crippen LogP contribution in [0.15, 0.2) is 47.4 Å². The molecule has 1 saturated heterocycles. The number of hydrogen-bond donors (Lipinski definition) is 3. The molecule has 2 aromatic rings. The van der Waals surface area contributed by atoms with Crippen molar-refractivity contribution in [2.24, 2.45) is 5.92 Å². The van der Waals surface area contributed by atoms with Crippen LogP contribution in [-0.4, -0.2) is 40.8 Å². The number of nitrogens with zero attached hydrogens (tertiary/aromatic N) is 1. The second kappa shape index (κ2) is 8.49. The third kappa shape index (κ3) is 4.48. The summed E-state index contributed by atoms with van der Waals surface area (Å²) in [6.45, 7) is 3.30. The number of alkyl halides is 3. The van der Waals surface area contributed by atoms with E-state index >= 15 is 0 Å². The van der Waals surface area contributed by atoms with Crippen LogP contribution in [0, 0.1) is 5.92 Å². The minimum absolute atomic E-state index is 0.0621. The molecule has 0 spiro atoms. The molecule has 3 aliphatic rings. The van der Waals surface area contributed by atoms with Crippen molar-refractivity contribution in [1.29, 1.82) is 0 Å². The van der Waals surface area contributed by atoms with Gasteiger partial charge in [0.2, 0.25) is 5.91 Å². The van der Waals surface area contributed by atoms with Crippen molar-refractivity contribution in [3.05, 3.63) is 53.6 Å². The Morgan fingerprint density at radius 1 is 1.15 bits per heavy atom. The third-order valence-corrected chi connectivity index (χ3v) is 7.94. The summed E-state index contributed by atoms with van der Waals surface area (Å²) in [6, 6.07) is 10.4. The zero-order valence-electron chi connectivity index (χ0n) is 18.5. The van der Waals surface area contributed by atoms with Gasteiger partial charge in [0.15, 0.2) is 4.99 Å². The van der Waals surface area contributed by atoms with E-state index in [-0.39, 0.29) is 17.5 Å². The van der Waals surface area contributed by atoms with E-state index in [1.807, 2.05) is 6.07 Å². The van der Waals surface area contributed by atoms with E-state index in [2.05, 4.69) is 20.9 Å². The first-order valence-electron chi connectivity index (χ1n) is 11.3. The smallest absolute Gasteiger partial charge is 0.352 e. The fourth-order valence-electron chi connectivity index (χ4n) is 4.79. The first kappa shape index (κ1) is 23.0. The Hall–Kier alpha value is -2.72. The van der Waals surface area contributed by atoms with Gasteiger partial charge < -0.3 is 16.0 Å². The van der Waals surface area contributed by atoms with Crippen molar-refractivity contribution in [3.8, 4) is 0 Å². The summed E-state index contributed by atoms with van der Waals surface area (Å²) in [5.74, 6) is -0.560. The van der Waals surface area contributed by atoms with Gasteiger partial charge in [-0.2, -0.15) is 13.2 Å². The lowest BCUT2D eigenvalue weighted by Crippen LogP contribution is -2.55. The number of likely N-dealkylation sites (tertiary alicyclic amines) is 1. The largest absolute Gasteiger partial charge is 0.416 e. The van der Waals surface area contributed by atoms with Crippen LogP contribution in [0.2, 0.25) is 0 Å². The van der Waals surface area contributed by atoms with Gasteiger partial charge in [0.1, 0.15) is 0 Å². The van der Waals surface area contributed by atoms with Gasteiger partial charge in [-0.25, -0.2) is 0 Å². The number of fused-ring (bicyclic) bond motifs is 1. The molecular weight excluding hydrogens is 465 g/mol. The molecule has 0 aromatic heterocycles. The predicted octanol–water partition coefficient (Wildman–Crippen LogP) is 4.75. The monoisotopic (exact) mass is 490 g/mol. The van der Waals surface area contributed by atoms with Crippen molar-refractivity contribution < 1.29 is 22.8 Å². The summed E-state index contributed by atoms with van der Waals surface area (Å²) in [6.07, 6.45) is -1.17. The number of thioether (sulfide) groups is 1. The van der Waals surface area contributed by atoms with E-state index in [1.54, 1.807) is 12.1 Å². The number of hydrogen-bond acceptors (Lipinski definition) is 5. The normalized spacial score (nSPS) is 24.4. The number of para-hydroxylation sites is 1. The van der Waals surface area contributed by atoms with Crippen molar-refractivity contribution in [1.82, 2.24) is 10.2 Å². The summed E-state index contributed by atoms with van der Waals surface area (Å²) in [4.78, 5) is 27.8. The van der Waals surface area contributed by atoms with E-state index in [0.717, 1.165) is 36.5 Å². The fraction of sp³-hybridized carbons (Fsp3) is 0.417. The Bertz CT molecular complexity index is 1140. The minimum Gasteiger partial charge on any atom is -0.352 e. The van der Waals surface area contributed by atoms with Gasteiger partial charge in [-0.05, 0) is 56.1 Å². The van der Waals surface area contributed by atoms with Crippen LogP contribution in [0.3, 0.4) is 0 Å². The standard InChI is InChI=1S/C24H25F3N4O2S/c1-14(32)29-24(16-10-11-31(13-16)18-8-9-18)30-21-19(6-3-7-20(21)34-24)22(33)28-17-5-2-4-15(12-17)23(25,26)27/h2-7,12,16,18,30H,8-11,13H2,1H3,(H,28,33)(H,29,32). The van der Waals surface area contributed by atoms with Gasteiger partial charge in [0, 0.05) is 36.0 Å². The van der Waals surface area contributed by atoms with E-state index in [9.17, 15) is 22.8 Å². The quantitative estimate of drug-likeness (QED) is 0.564. The highest BCUT2D eigenvalue weighted by Crippen LogP contribution is 2.51. The summed E-state index contributed by atoms with van der Waals surface area (Å²) in [5, 5.41) is 9.11. The second-order valence-corrected chi connectivity index (χ2v) is 10.4. The average molecular weight is 491 g/mol. The highest BCUT2D eigenvalue weighted by atomic mass is 32.2. The fourth-order valence-corrected chi connectivity index (χ4v) is 6.25. The molecule has 0 bridgehead atoms. The maximum atomic E-state index is 13.1. The summed E-state index contributed by atoms with van der Waals surface area (Å²) in [5.41, 5.74) is 0.123.